The Hall–Kier alpha value is -3.09. The van der Waals surface area contributed by atoms with Gasteiger partial charge < -0.3 is 19.7 Å². The van der Waals surface area contributed by atoms with Crippen molar-refractivity contribution < 1.29 is 19.1 Å². The number of aromatic nitrogens is 1. The zero-order chi connectivity index (χ0) is 20.5. The Kier molecular flexibility index (Phi) is 7.80. The molecule has 2 rings (SSSR count). The zero-order valence-corrected chi connectivity index (χ0v) is 16.8. The van der Waals surface area contributed by atoms with Crippen molar-refractivity contribution in [3.8, 4) is 11.5 Å². The Balaban J connectivity index is 1.98. The number of carbonyl (C=O) groups is 2. The van der Waals surface area contributed by atoms with Crippen LogP contribution in [-0.2, 0) is 6.42 Å². The molecule has 0 bridgehead atoms. The van der Waals surface area contributed by atoms with Crippen LogP contribution in [0.15, 0.2) is 36.4 Å². The molecule has 0 saturated carbocycles. The zero-order valence-electron chi connectivity index (χ0n) is 16.8. The van der Waals surface area contributed by atoms with E-state index in [0.29, 0.717) is 37.6 Å². The maximum absolute atomic E-state index is 12.4. The molecule has 1 aromatic heterocycles. The van der Waals surface area contributed by atoms with E-state index >= 15 is 0 Å². The van der Waals surface area contributed by atoms with Crippen LogP contribution in [0.5, 0.6) is 11.5 Å². The van der Waals surface area contributed by atoms with E-state index in [1.807, 2.05) is 32.0 Å². The van der Waals surface area contributed by atoms with Crippen LogP contribution in [0, 0.1) is 0 Å². The molecule has 1 aromatic carbocycles. The van der Waals surface area contributed by atoms with Gasteiger partial charge in [0.2, 0.25) is 0 Å². The summed E-state index contributed by atoms with van der Waals surface area (Å²) in [7, 11) is 3.17. The Labute approximate surface area is 165 Å². The first-order valence-electron chi connectivity index (χ1n) is 9.29. The van der Waals surface area contributed by atoms with Crippen LogP contribution in [-0.4, -0.2) is 55.6 Å². The minimum absolute atomic E-state index is 0.176. The third-order valence-electron chi connectivity index (χ3n) is 4.40. The number of nitrogens with zero attached hydrogens (tertiary/aromatic N) is 2. The first kappa shape index (κ1) is 21.2. The van der Waals surface area contributed by atoms with Gasteiger partial charge in [-0.05, 0) is 50.1 Å². The molecule has 0 aliphatic rings. The largest absolute Gasteiger partial charge is 0.493 e. The normalized spacial score (nSPS) is 10.3. The summed E-state index contributed by atoms with van der Waals surface area (Å²) >= 11 is 0. The number of amides is 2. The molecule has 1 N–H and O–H groups in total. The molecule has 7 heteroatoms. The van der Waals surface area contributed by atoms with Crippen LogP contribution in [0.3, 0.4) is 0 Å². The lowest BCUT2D eigenvalue weighted by Crippen LogP contribution is -2.32. The van der Waals surface area contributed by atoms with Gasteiger partial charge in [-0.2, -0.15) is 0 Å². The number of hydrogen-bond acceptors (Lipinski definition) is 5. The second kappa shape index (κ2) is 10.3. The average Bonchev–Trinajstić information content (AvgIpc) is 2.74. The van der Waals surface area contributed by atoms with Gasteiger partial charge in [0.25, 0.3) is 11.8 Å². The molecule has 150 valence electrons. The lowest BCUT2D eigenvalue weighted by atomic mass is 10.1. The molecule has 2 aromatic rings. The van der Waals surface area contributed by atoms with Gasteiger partial charge in [-0.3, -0.25) is 9.59 Å². The highest BCUT2D eigenvalue weighted by Crippen LogP contribution is 2.27. The summed E-state index contributed by atoms with van der Waals surface area (Å²) in [6.45, 7) is 5.44. The third-order valence-corrected chi connectivity index (χ3v) is 4.40. The molecule has 0 saturated heterocycles. The predicted octanol–water partition coefficient (Wildman–Crippen LogP) is 2.55. The van der Waals surface area contributed by atoms with Crippen molar-refractivity contribution in [1.82, 2.24) is 15.2 Å². The molecule has 0 fully saturated rings. The van der Waals surface area contributed by atoms with Gasteiger partial charge >= 0.3 is 0 Å². The van der Waals surface area contributed by atoms with E-state index in [9.17, 15) is 9.59 Å². The van der Waals surface area contributed by atoms with Crippen molar-refractivity contribution in [3.05, 3.63) is 53.3 Å². The number of carbonyl (C=O) groups excluding carboxylic acids is 2. The van der Waals surface area contributed by atoms with E-state index in [2.05, 4.69) is 10.3 Å². The van der Waals surface area contributed by atoms with Crippen LogP contribution in [0.2, 0.25) is 0 Å². The summed E-state index contributed by atoms with van der Waals surface area (Å²) < 4.78 is 10.5. The highest BCUT2D eigenvalue weighted by Gasteiger charge is 2.16. The van der Waals surface area contributed by atoms with Gasteiger partial charge in [-0.25, -0.2) is 4.98 Å². The Morgan fingerprint density at radius 2 is 1.68 bits per heavy atom. The standard InChI is InChI=1S/C21H27N3O4/c1-5-24(6-2)21(26)17-9-7-8-16(23-17)20(25)22-13-12-15-10-11-18(27-3)19(14-15)28-4/h7-11,14H,5-6,12-13H2,1-4H3,(H,22,25). The van der Waals surface area contributed by atoms with Crippen LogP contribution >= 0.6 is 0 Å². The monoisotopic (exact) mass is 385 g/mol. The first-order chi connectivity index (χ1) is 13.5. The number of benzene rings is 1. The fraction of sp³-hybridized carbons (Fsp3) is 0.381. The van der Waals surface area contributed by atoms with Gasteiger partial charge in [0.15, 0.2) is 11.5 Å². The van der Waals surface area contributed by atoms with Gasteiger partial charge in [-0.1, -0.05) is 12.1 Å². The molecule has 2 amide bonds. The summed E-state index contributed by atoms with van der Waals surface area (Å²) in [5.74, 6) is 0.824. The number of ether oxygens (including phenoxy) is 2. The summed E-state index contributed by atoms with van der Waals surface area (Å²) in [6.07, 6.45) is 0.629. The first-order valence-corrected chi connectivity index (χ1v) is 9.29. The van der Waals surface area contributed by atoms with Crippen molar-refractivity contribution in [1.29, 1.82) is 0 Å². The van der Waals surface area contributed by atoms with Crippen LogP contribution in [0.1, 0.15) is 40.4 Å². The average molecular weight is 385 g/mol. The summed E-state index contributed by atoms with van der Waals surface area (Å²) in [4.78, 5) is 30.7. The Bertz CT molecular complexity index is 819. The summed E-state index contributed by atoms with van der Waals surface area (Å²) in [6, 6.07) is 10.5. The molecule has 0 aliphatic carbocycles. The van der Waals surface area contributed by atoms with E-state index in [1.165, 1.54) is 0 Å². The molecule has 7 nitrogen and oxygen atoms in total. The van der Waals surface area contributed by atoms with Gasteiger partial charge in [0.05, 0.1) is 14.2 Å². The smallest absolute Gasteiger partial charge is 0.272 e. The van der Waals surface area contributed by atoms with E-state index in [0.717, 1.165) is 5.56 Å². The third kappa shape index (κ3) is 5.22. The number of hydrogen-bond donors (Lipinski definition) is 1. The predicted molar refractivity (Wildman–Crippen MR) is 107 cm³/mol. The molecule has 0 spiro atoms. The Morgan fingerprint density at radius 3 is 2.32 bits per heavy atom. The SMILES string of the molecule is CCN(CC)C(=O)c1cccc(C(=O)NCCc2ccc(OC)c(OC)c2)n1. The van der Waals surface area contributed by atoms with Crippen molar-refractivity contribution >= 4 is 11.8 Å². The lowest BCUT2D eigenvalue weighted by Gasteiger charge is -2.18. The van der Waals surface area contributed by atoms with Gasteiger partial charge in [-0.15, -0.1) is 0 Å². The molecular formula is C21H27N3O4. The molecule has 1 heterocycles. The number of nitrogens with one attached hydrogen (secondary N) is 1. The molecule has 0 aliphatic heterocycles. The van der Waals surface area contributed by atoms with E-state index in [4.69, 9.17) is 9.47 Å². The highest BCUT2D eigenvalue weighted by molar-refractivity contribution is 5.96. The number of rotatable bonds is 9. The molecule has 0 atom stereocenters. The molecule has 28 heavy (non-hydrogen) atoms. The van der Waals surface area contributed by atoms with Crippen LogP contribution in [0.25, 0.3) is 0 Å². The van der Waals surface area contributed by atoms with E-state index in [-0.39, 0.29) is 23.2 Å². The van der Waals surface area contributed by atoms with Crippen molar-refractivity contribution in [2.24, 2.45) is 0 Å². The molecule has 0 radical (unpaired) electrons. The fourth-order valence-corrected chi connectivity index (χ4v) is 2.80. The maximum Gasteiger partial charge on any atom is 0.272 e. The van der Waals surface area contributed by atoms with Crippen molar-refractivity contribution in [2.45, 2.75) is 20.3 Å². The van der Waals surface area contributed by atoms with Crippen LogP contribution in [0.4, 0.5) is 0 Å². The van der Waals surface area contributed by atoms with Crippen molar-refractivity contribution in [3.63, 3.8) is 0 Å². The fourth-order valence-electron chi connectivity index (χ4n) is 2.80. The van der Waals surface area contributed by atoms with Crippen LogP contribution < -0.4 is 14.8 Å². The minimum atomic E-state index is -0.310. The van der Waals surface area contributed by atoms with Gasteiger partial charge in [0.1, 0.15) is 11.4 Å². The summed E-state index contributed by atoms with van der Waals surface area (Å²) in [5, 5.41) is 2.84. The Morgan fingerprint density at radius 1 is 1.00 bits per heavy atom. The lowest BCUT2D eigenvalue weighted by molar-refractivity contribution is 0.0767. The maximum atomic E-state index is 12.4. The quantitative estimate of drug-likeness (QED) is 0.717. The van der Waals surface area contributed by atoms with E-state index < -0.39 is 0 Å². The van der Waals surface area contributed by atoms with Crippen molar-refractivity contribution in [2.75, 3.05) is 33.9 Å². The van der Waals surface area contributed by atoms with E-state index in [1.54, 1.807) is 37.3 Å². The second-order valence-corrected chi connectivity index (χ2v) is 6.08. The molecular weight excluding hydrogens is 358 g/mol. The molecule has 0 unspecified atom stereocenters. The topological polar surface area (TPSA) is 80.8 Å². The minimum Gasteiger partial charge on any atom is -0.493 e. The highest BCUT2D eigenvalue weighted by atomic mass is 16.5. The number of pyridine rings is 1. The second-order valence-electron chi connectivity index (χ2n) is 6.08. The summed E-state index contributed by atoms with van der Waals surface area (Å²) in [5.41, 5.74) is 1.51. The number of methoxy groups -OCH3 is 2. The van der Waals surface area contributed by atoms with Gasteiger partial charge in [0, 0.05) is 19.6 Å².